The maximum atomic E-state index is 10.3. The van der Waals surface area contributed by atoms with Crippen LogP contribution in [0, 0.1) is 18.3 Å². The molecule has 2 atom stereocenters. The maximum absolute atomic E-state index is 10.3. The Hall–Kier alpha value is -2.75. The van der Waals surface area contributed by atoms with E-state index in [1.54, 1.807) is 14.2 Å². The highest BCUT2D eigenvalue weighted by Crippen LogP contribution is 2.29. The van der Waals surface area contributed by atoms with E-state index in [0.29, 0.717) is 24.5 Å². The molecule has 6 nitrogen and oxygen atoms in total. The molecule has 0 saturated heterocycles. The van der Waals surface area contributed by atoms with Crippen molar-refractivity contribution >= 4 is 0 Å². The van der Waals surface area contributed by atoms with Crippen LogP contribution in [0.2, 0.25) is 0 Å². The standard InChI is InChI=1S/C22H28N2O4/c1-16-11-21(26-3)22(27-4)12-18(16)13-24(2)14-19(25)15-28-20-7-5-17(6-8-20)9-10-23/h5-8,11-12,19,25H,9,13-15H2,1-4H3/p+1/t19-/m1/s1. The highest BCUT2D eigenvalue weighted by Gasteiger charge is 2.16. The second kappa shape index (κ2) is 10.5. The fourth-order valence-electron chi connectivity index (χ4n) is 3.06. The number of likely N-dealkylation sites (N-methyl/N-ethyl adjacent to an activating group) is 1. The van der Waals surface area contributed by atoms with Crippen LogP contribution >= 0.6 is 0 Å². The van der Waals surface area contributed by atoms with E-state index in [2.05, 4.69) is 6.07 Å². The van der Waals surface area contributed by atoms with Crippen molar-refractivity contribution in [3.05, 3.63) is 53.1 Å². The molecule has 0 aromatic heterocycles. The molecule has 0 aliphatic carbocycles. The third kappa shape index (κ3) is 6.15. The topological polar surface area (TPSA) is 76.2 Å². The summed E-state index contributed by atoms with van der Waals surface area (Å²) in [6, 6.07) is 13.4. The Kier molecular flexibility index (Phi) is 8.12. The summed E-state index contributed by atoms with van der Waals surface area (Å²) in [7, 11) is 5.29. The number of hydrogen-bond acceptors (Lipinski definition) is 5. The van der Waals surface area contributed by atoms with Crippen LogP contribution < -0.4 is 19.1 Å². The van der Waals surface area contributed by atoms with E-state index in [-0.39, 0.29) is 6.61 Å². The van der Waals surface area contributed by atoms with Crippen molar-refractivity contribution in [2.45, 2.75) is 26.0 Å². The first kappa shape index (κ1) is 21.5. The van der Waals surface area contributed by atoms with E-state index in [9.17, 15) is 5.11 Å². The number of nitrogens with zero attached hydrogens (tertiary/aromatic N) is 1. The van der Waals surface area contributed by atoms with E-state index in [4.69, 9.17) is 19.5 Å². The molecule has 0 radical (unpaired) electrons. The van der Waals surface area contributed by atoms with Crippen molar-refractivity contribution in [3.8, 4) is 23.3 Å². The molecule has 2 aromatic rings. The molecule has 1 unspecified atom stereocenters. The predicted molar refractivity (Wildman–Crippen MR) is 107 cm³/mol. The molecule has 150 valence electrons. The van der Waals surface area contributed by atoms with Gasteiger partial charge in [-0.3, -0.25) is 0 Å². The number of ether oxygens (including phenoxy) is 3. The molecule has 0 amide bonds. The summed E-state index contributed by atoms with van der Waals surface area (Å²) in [5.41, 5.74) is 3.22. The number of nitriles is 1. The number of aliphatic hydroxyl groups excluding tert-OH is 1. The molecule has 0 bridgehead atoms. The van der Waals surface area contributed by atoms with Crippen molar-refractivity contribution in [2.24, 2.45) is 0 Å². The van der Waals surface area contributed by atoms with Crippen LogP contribution in [0.5, 0.6) is 17.2 Å². The zero-order chi connectivity index (χ0) is 20.5. The number of aliphatic hydroxyl groups is 1. The molecule has 2 aromatic carbocycles. The predicted octanol–water partition coefficient (Wildman–Crippen LogP) is 1.53. The number of methoxy groups -OCH3 is 2. The zero-order valence-corrected chi connectivity index (χ0v) is 17.0. The molecule has 0 spiro atoms. The molecule has 0 aliphatic rings. The minimum absolute atomic E-state index is 0.222. The maximum Gasteiger partial charge on any atom is 0.161 e. The molecule has 0 saturated carbocycles. The smallest absolute Gasteiger partial charge is 0.161 e. The number of nitrogens with one attached hydrogen (secondary N) is 1. The van der Waals surface area contributed by atoms with Gasteiger partial charge in [-0.2, -0.15) is 5.26 Å². The lowest BCUT2D eigenvalue weighted by atomic mass is 10.1. The molecule has 2 rings (SSSR count). The van der Waals surface area contributed by atoms with E-state index in [1.165, 1.54) is 0 Å². The second-order valence-corrected chi connectivity index (χ2v) is 6.92. The third-order valence-electron chi connectivity index (χ3n) is 4.57. The first-order chi connectivity index (χ1) is 13.5. The van der Waals surface area contributed by atoms with Crippen LogP contribution in [-0.2, 0) is 13.0 Å². The van der Waals surface area contributed by atoms with Crippen molar-refractivity contribution in [3.63, 3.8) is 0 Å². The van der Waals surface area contributed by atoms with Crippen molar-refractivity contribution < 1.29 is 24.2 Å². The first-order valence-corrected chi connectivity index (χ1v) is 9.26. The first-order valence-electron chi connectivity index (χ1n) is 9.26. The summed E-state index contributed by atoms with van der Waals surface area (Å²) in [5.74, 6) is 2.12. The fraction of sp³-hybridized carbons (Fsp3) is 0.409. The molecule has 0 aliphatic heterocycles. The molecular weight excluding hydrogens is 356 g/mol. The van der Waals surface area contributed by atoms with Crippen LogP contribution in [0.1, 0.15) is 16.7 Å². The van der Waals surface area contributed by atoms with Gasteiger partial charge < -0.3 is 24.2 Å². The van der Waals surface area contributed by atoms with Crippen molar-refractivity contribution in [1.82, 2.24) is 0 Å². The Balaban J connectivity index is 1.87. The van der Waals surface area contributed by atoms with Gasteiger partial charge in [0.2, 0.25) is 0 Å². The molecule has 28 heavy (non-hydrogen) atoms. The monoisotopic (exact) mass is 385 g/mol. The van der Waals surface area contributed by atoms with Gasteiger partial charge in [0.15, 0.2) is 11.5 Å². The Morgan fingerprint density at radius 2 is 1.75 bits per heavy atom. The van der Waals surface area contributed by atoms with E-state index >= 15 is 0 Å². The molecule has 0 fully saturated rings. The Bertz CT molecular complexity index is 799. The highest BCUT2D eigenvalue weighted by molar-refractivity contribution is 5.46. The summed E-state index contributed by atoms with van der Waals surface area (Å²) < 4.78 is 16.4. The lowest BCUT2D eigenvalue weighted by Gasteiger charge is -2.20. The average molecular weight is 385 g/mol. The summed E-state index contributed by atoms with van der Waals surface area (Å²) in [6.07, 6.45) is -0.202. The van der Waals surface area contributed by atoms with Gasteiger partial charge >= 0.3 is 0 Å². The lowest BCUT2D eigenvalue weighted by Crippen LogP contribution is -3.09. The lowest BCUT2D eigenvalue weighted by molar-refractivity contribution is -0.897. The van der Waals surface area contributed by atoms with Crippen LogP contribution in [0.3, 0.4) is 0 Å². The summed E-state index contributed by atoms with van der Waals surface area (Å²) in [6.45, 7) is 3.58. The Morgan fingerprint density at radius 1 is 1.11 bits per heavy atom. The minimum atomic E-state index is -0.584. The summed E-state index contributed by atoms with van der Waals surface area (Å²) in [4.78, 5) is 1.16. The van der Waals surface area contributed by atoms with Gasteiger partial charge in [-0.25, -0.2) is 0 Å². The van der Waals surface area contributed by atoms with E-state index in [1.807, 2.05) is 50.4 Å². The molecule has 0 heterocycles. The Labute approximate surface area is 166 Å². The SMILES string of the molecule is COc1cc(C)c(C[NH+](C)C[C@@H](O)COc2ccc(CC#N)cc2)cc1OC. The highest BCUT2D eigenvalue weighted by atomic mass is 16.5. The van der Waals surface area contributed by atoms with Crippen LogP contribution in [-0.4, -0.2) is 45.6 Å². The molecule has 6 heteroatoms. The quantitative estimate of drug-likeness (QED) is 0.649. The number of quaternary nitrogens is 1. The van der Waals surface area contributed by atoms with E-state index in [0.717, 1.165) is 33.9 Å². The van der Waals surface area contributed by atoms with Gasteiger partial charge in [-0.1, -0.05) is 12.1 Å². The molecule has 2 N–H and O–H groups in total. The van der Waals surface area contributed by atoms with Gasteiger partial charge in [-0.15, -0.1) is 0 Å². The molecular formula is C22H29N2O4+. The normalized spacial score (nSPS) is 12.7. The van der Waals surface area contributed by atoms with Gasteiger partial charge in [0, 0.05) is 5.56 Å². The Morgan fingerprint density at radius 3 is 2.36 bits per heavy atom. The minimum Gasteiger partial charge on any atom is -0.493 e. The van der Waals surface area contributed by atoms with Crippen LogP contribution in [0.25, 0.3) is 0 Å². The van der Waals surface area contributed by atoms with Crippen molar-refractivity contribution in [1.29, 1.82) is 5.26 Å². The number of rotatable bonds is 10. The van der Waals surface area contributed by atoms with E-state index < -0.39 is 6.10 Å². The van der Waals surface area contributed by atoms with Gasteiger partial charge in [0.05, 0.1) is 33.8 Å². The van der Waals surface area contributed by atoms with Crippen molar-refractivity contribution in [2.75, 3.05) is 34.4 Å². The third-order valence-corrected chi connectivity index (χ3v) is 4.57. The second-order valence-electron chi connectivity index (χ2n) is 6.92. The van der Waals surface area contributed by atoms with Gasteiger partial charge in [0.1, 0.15) is 31.5 Å². The fourth-order valence-corrected chi connectivity index (χ4v) is 3.06. The summed E-state index contributed by atoms with van der Waals surface area (Å²) in [5, 5.41) is 19.0. The summed E-state index contributed by atoms with van der Waals surface area (Å²) >= 11 is 0. The van der Waals surface area contributed by atoms with Crippen LogP contribution in [0.15, 0.2) is 36.4 Å². The van der Waals surface area contributed by atoms with Crippen LogP contribution in [0.4, 0.5) is 0 Å². The number of benzene rings is 2. The van der Waals surface area contributed by atoms with Gasteiger partial charge in [0.25, 0.3) is 0 Å². The number of hydrogen-bond donors (Lipinski definition) is 2. The van der Waals surface area contributed by atoms with Gasteiger partial charge in [-0.05, 0) is 42.3 Å². The number of aryl methyl sites for hydroxylation is 1. The zero-order valence-electron chi connectivity index (χ0n) is 17.0. The largest absolute Gasteiger partial charge is 0.493 e. The average Bonchev–Trinajstić information content (AvgIpc) is 2.68.